The third-order valence-electron chi connectivity index (χ3n) is 3.42. The third kappa shape index (κ3) is 2.22. The molecule has 0 aromatic heterocycles. The smallest absolute Gasteiger partial charge is 0.0401 e. The zero-order valence-corrected chi connectivity index (χ0v) is 10.6. The number of hydrogen-bond acceptors (Lipinski definition) is 2. The highest BCUT2D eigenvalue weighted by atomic mass is 15.2. The first kappa shape index (κ1) is 11.5. The van der Waals surface area contributed by atoms with E-state index in [9.17, 15) is 0 Å². The number of fused-ring (bicyclic) bond motifs is 1. The molecule has 1 aliphatic rings. The fourth-order valence-corrected chi connectivity index (χ4v) is 2.62. The van der Waals surface area contributed by atoms with E-state index in [0.717, 1.165) is 6.54 Å². The quantitative estimate of drug-likeness (QED) is 0.838. The molecule has 0 bridgehead atoms. The van der Waals surface area contributed by atoms with Crippen LogP contribution in [0.3, 0.4) is 0 Å². The number of likely N-dealkylation sites (N-methyl/N-ethyl adjacent to an activating group) is 1. The average Bonchev–Trinajstić information content (AvgIpc) is 2.28. The van der Waals surface area contributed by atoms with Gasteiger partial charge in [-0.3, -0.25) is 0 Å². The van der Waals surface area contributed by atoms with Crippen LogP contribution < -0.4 is 10.2 Å². The minimum absolute atomic E-state index is 0.576. The summed E-state index contributed by atoms with van der Waals surface area (Å²) in [6.45, 7) is 6.72. The molecule has 0 radical (unpaired) electrons. The van der Waals surface area contributed by atoms with Crippen molar-refractivity contribution in [1.29, 1.82) is 0 Å². The Bertz CT molecular complexity index is 360. The molecular formula is C14H22N2. The van der Waals surface area contributed by atoms with Crippen LogP contribution in [0.4, 0.5) is 5.69 Å². The first-order valence-corrected chi connectivity index (χ1v) is 6.23. The van der Waals surface area contributed by atoms with Crippen molar-refractivity contribution in [3.63, 3.8) is 0 Å². The van der Waals surface area contributed by atoms with Crippen molar-refractivity contribution in [1.82, 2.24) is 5.32 Å². The summed E-state index contributed by atoms with van der Waals surface area (Å²) in [5.41, 5.74) is 4.34. The standard InChI is InChI=1S/C14H22N2/c1-11-6-7-14-13(9-11)5-4-8-16(14)12(2)10-15-3/h6-7,9,12,15H,4-5,8,10H2,1-3H3. The van der Waals surface area contributed by atoms with Crippen LogP contribution in [0.1, 0.15) is 24.5 Å². The monoisotopic (exact) mass is 218 g/mol. The minimum atomic E-state index is 0.576. The molecule has 88 valence electrons. The Morgan fingerprint density at radius 2 is 2.25 bits per heavy atom. The number of aryl methyl sites for hydroxylation is 2. The van der Waals surface area contributed by atoms with Crippen molar-refractivity contribution in [2.24, 2.45) is 0 Å². The first-order valence-electron chi connectivity index (χ1n) is 6.23. The average molecular weight is 218 g/mol. The summed E-state index contributed by atoms with van der Waals surface area (Å²) < 4.78 is 0. The van der Waals surface area contributed by atoms with Gasteiger partial charge in [-0.2, -0.15) is 0 Å². The zero-order valence-electron chi connectivity index (χ0n) is 10.6. The van der Waals surface area contributed by atoms with E-state index in [4.69, 9.17) is 0 Å². The van der Waals surface area contributed by atoms with Crippen LogP contribution in [0.15, 0.2) is 18.2 Å². The summed E-state index contributed by atoms with van der Waals surface area (Å²) in [4.78, 5) is 2.54. The van der Waals surface area contributed by atoms with Crippen LogP contribution >= 0.6 is 0 Å². The third-order valence-corrected chi connectivity index (χ3v) is 3.42. The molecule has 2 heteroatoms. The van der Waals surface area contributed by atoms with Gasteiger partial charge in [-0.05, 0) is 45.4 Å². The molecule has 0 saturated heterocycles. The number of hydrogen-bond donors (Lipinski definition) is 1. The topological polar surface area (TPSA) is 15.3 Å². The molecule has 16 heavy (non-hydrogen) atoms. The van der Waals surface area contributed by atoms with Crippen LogP contribution in [0.2, 0.25) is 0 Å². The maximum atomic E-state index is 3.27. The lowest BCUT2D eigenvalue weighted by molar-refractivity contribution is 0.566. The summed E-state index contributed by atoms with van der Waals surface area (Å²) in [7, 11) is 2.02. The van der Waals surface area contributed by atoms with E-state index >= 15 is 0 Å². The van der Waals surface area contributed by atoms with Gasteiger partial charge in [0.25, 0.3) is 0 Å². The van der Waals surface area contributed by atoms with Gasteiger partial charge in [-0.15, -0.1) is 0 Å². The van der Waals surface area contributed by atoms with E-state index in [0.29, 0.717) is 6.04 Å². The van der Waals surface area contributed by atoms with Gasteiger partial charge in [0.15, 0.2) is 0 Å². The fourth-order valence-electron chi connectivity index (χ4n) is 2.62. The second-order valence-electron chi connectivity index (χ2n) is 4.84. The molecule has 0 spiro atoms. The van der Waals surface area contributed by atoms with Gasteiger partial charge >= 0.3 is 0 Å². The van der Waals surface area contributed by atoms with E-state index in [2.05, 4.69) is 42.3 Å². The molecule has 2 nitrogen and oxygen atoms in total. The van der Waals surface area contributed by atoms with E-state index < -0.39 is 0 Å². The molecular weight excluding hydrogens is 196 g/mol. The highest BCUT2D eigenvalue weighted by Gasteiger charge is 2.20. The number of anilines is 1. The summed E-state index contributed by atoms with van der Waals surface area (Å²) in [5.74, 6) is 0. The van der Waals surface area contributed by atoms with E-state index in [1.54, 1.807) is 0 Å². The number of nitrogens with zero attached hydrogens (tertiary/aromatic N) is 1. The maximum absolute atomic E-state index is 3.27. The van der Waals surface area contributed by atoms with Crippen LogP contribution in [0, 0.1) is 6.92 Å². The largest absolute Gasteiger partial charge is 0.367 e. The maximum Gasteiger partial charge on any atom is 0.0401 e. The Balaban J connectivity index is 2.25. The first-order chi connectivity index (χ1) is 7.72. The van der Waals surface area contributed by atoms with Crippen molar-refractivity contribution in [3.8, 4) is 0 Å². The van der Waals surface area contributed by atoms with E-state index in [1.807, 2.05) is 7.05 Å². The fraction of sp³-hybridized carbons (Fsp3) is 0.571. The van der Waals surface area contributed by atoms with Crippen molar-refractivity contribution >= 4 is 5.69 Å². The van der Waals surface area contributed by atoms with Crippen LogP contribution in [0.5, 0.6) is 0 Å². The summed E-state index contributed by atoms with van der Waals surface area (Å²) in [6, 6.07) is 7.43. The molecule has 1 unspecified atom stereocenters. The lowest BCUT2D eigenvalue weighted by Gasteiger charge is -2.36. The number of nitrogens with one attached hydrogen (secondary N) is 1. The van der Waals surface area contributed by atoms with Crippen molar-refractivity contribution in [2.75, 3.05) is 25.0 Å². The Labute approximate surface area is 98.7 Å². The Kier molecular flexibility index (Phi) is 3.49. The highest BCUT2D eigenvalue weighted by molar-refractivity contribution is 5.57. The van der Waals surface area contributed by atoms with Gasteiger partial charge in [0.1, 0.15) is 0 Å². The van der Waals surface area contributed by atoms with Gasteiger partial charge in [0, 0.05) is 24.8 Å². The molecule has 0 saturated carbocycles. The zero-order chi connectivity index (χ0) is 11.5. The van der Waals surface area contributed by atoms with Crippen molar-refractivity contribution in [3.05, 3.63) is 29.3 Å². The van der Waals surface area contributed by atoms with Gasteiger partial charge in [-0.1, -0.05) is 17.7 Å². The van der Waals surface area contributed by atoms with Gasteiger partial charge in [0.05, 0.1) is 0 Å². The second kappa shape index (κ2) is 4.88. The Hall–Kier alpha value is -1.02. The molecule has 0 fully saturated rings. The lowest BCUT2D eigenvalue weighted by atomic mass is 9.98. The number of benzene rings is 1. The van der Waals surface area contributed by atoms with Crippen molar-refractivity contribution in [2.45, 2.75) is 32.7 Å². The summed E-state index contributed by atoms with van der Waals surface area (Å²) in [5, 5.41) is 3.27. The molecule has 0 amide bonds. The predicted octanol–water partition coefficient (Wildman–Crippen LogP) is 2.36. The van der Waals surface area contributed by atoms with Gasteiger partial charge < -0.3 is 10.2 Å². The molecule has 1 aromatic rings. The molecule has 2 rings (SSSR count). The molecule has 1 atom stereocenters. The van der Waals surface area contributed by atoms with Crippen LogP contribution in [0.25, 0.3) is 0 Å². The molecule has 1 aromatic carbocycles. The second-order valence-corrected chi connectivity index (χ2v) is 4.84. The van der Waals surface area contributed by atoms with Gasteiger partial charge in [-0.25, -0.2) is 0 Å². The predicted molar refractivity (Wildman–Crippen MR) is 70.2 cm³/mol. The lowest BCUT2D eigenvalue weighted by Crippen LogP contribution is -2.42. The minimum Gasteiger partial charge on any atom is -0.367 e. The van der Waals surface area contributed by atoms with Crippen molar-refractivity contribution < 1.29 is 0 Å². The summed E-state index contributed by atoms with van der Waals surface area (Å²) in [6.07, 6.45) is 2.52. The normalized spacial score (nSPS) is 17.1. The highest BCUT2D eigenvalue weighted by Crippen LogP contribution is 2.29. The molecule has 1 N–H and O–H groups in total. The SMILES string of the molecule is CNCC(C)N1CCCc2cc(C)ccc21. The number of rotatable bonds is 3. The molecule has 1 aliphatic heterocycles. The summed E-state index contributed by atoms with van der Waals surface area (Å²) >= 11 is 0. The molecule has 1 heterocycles. The molecule has 0 aliphatic carbocycles. The Morgan fingerprint density at radius 1 is 1.44 bits per heavy atom. The van der Waals surface area contributed by atoms with Crippen LogP contribution in [-0.2, 0) is 6.42 Å². The van der Waals surface area contributed by atoms with E-state index in [-0.39, 0.29) is 0 Å². The Morgan fingerprint density at radius 3 is 3.00 bits per heavy atom. The van der Waals surface area contributed by atoms with Gasteiger partial charge in [0.2, 0.25) is 0 Å². The van der Waals surface area contributed by atoms with Crippen LogP contribution in [-0.4, -0.2) is 26.2 Å². The van der Waals surface area contributed by atoms with E-state index in [1.165, 1.54) is 36.2 Å².